The van der Waals surface area contributed by atoms with E-state index in [1.807, 2.05) is 37.5 Å². The molecule has 1 heterocycles. The Morgan fingerprint density at radius 3 is 2.56 bits per heavy atom. The van der Waals surface area contributed by atoms with E-state index < -0.39 is 0 Å². The molecule has 3 rings (SSSR count). The van der Waals surface area contributed by atoms with Crippen LogP contribution < -0.4 is 10.6 Å². The number of carbonyl (C=O) groups is 2. The molecular formula is C22H23BrClN5O2S. The molecule has 0 bridgehead atoms. The number of halogens is 2. The summed E-state index contributed by atoms with van der Waals surface area (Å²) in [5, 5.41) is 15.5. The highest BCUT2D eigenvalue weighted by atomic mass is 79.9. The maximum absolute atomic E-state index is 12.5. The van der Waals surface area contributed by atoms with Crippen LogP contribution in [0.1, 0.15) is 41.6 Å². The number of nitrogens with one attached hydrogen (secondary N) is 2. The Kier molecular flexibility index (Phi) is 8.33. The predicted molar refractivity (Wildman–Crippen MR) is 131 cm³/mol. The van der Waals surface area contributed by atoms with Gasteiger partial charge < -0.3 is 15.2 Å². The first-order chi connectivity index (χ1) is 15.3. The second-order valence-electron chi connectivity index (χ2n) is 7.11. The normalized spacial score (nSPS) is 11.8. The van der Waals surface area contributed by atoms with E-state index in [4.69, 9.17) is 11.6 Å². The van der Waals surface area contributed by atoms with Crippen LogP contribution in [-0.2, 0) is 11.3 Å². The van der Waals surface area contributed by atoms with E-state index >= 15 is 0 Å². The maximum Gasteiger partial charge on any atom is 0.251 e. The number of aryl methyl sites for hydroxylation is 1. The standard InChI is InChI=1S/C22H23BrClN5O2S/c1-4-29-20(14(3)25-21(31)15-7-5-13(2)6-8-15)27-28-22(29)32-12-19(30)26-16-9-10-18(24)17(23)11-16/h5-11,14H,4,12H2,1-3H3,(H,25,31)(H,26,30)/t14-/m0/s1. The lowest BCUT2D eigenvalue weighted by Gasteiger charge is -2.15. The van der Waals surface area contributed by atoms with Gasteiger partial charge in [-0.05, 0) is 67.0 Å². The molecule has 0 aliphatic carbocycles. The second kappa shape index (κ2) is 11.0. The number of carbonyl (C=O) groups excluding carboxylic acids is 2. The Morgan fingerprint density at radius 1 is 1.19 bits per heavy atom. The molecule has 0 aliphatic heterocycles. The summed E-state index contributed by atoms with van der Waals surface area (Å²) in [7, 11) is 0. The van der Waals surface area contributed by atoms with E-state index in [1.54, 1.807) is 30.3 Å². The first-order valence-corrected chi connectivity index (χ1v) is 12.1. The molecule has 0 saturated heterocycles. The number of benzene rings is 2. The van der Waals surface area contributed by atoms with Crippen molar-refractivity contribution < 1.29 is 9.59 Å². The molecule has 0 aliphatic rings. The molecule has 7 nitrogen and oxygen atoms in total. The van der Waals surface area contributed by atoms with Crippen molar-refractivity contribution in [3.8, 4) is 0 Å². The van der Waals surface area contributed by atoms with E-state index in [-0.39, 0.29) is 23.6 Å². The van der Waals surface area contributed by atoms with Gasteiger partial charge in [-0.15, -0.1) is 10.2 Å². The highest BCUT2D eigenvalue weighted by Gasteiger charge is 2.20. The van der Waals surface area contributed by atoms with Crippen LogP contribution in [-0.4, -0.2) is 32.3 Å². The Hall–Kier alpha value is -2.36. The molecule has 2 aromatic carbocycles. The topological polar surface area (TPSA) is 88.9 Å². The first-order valence-electron chi connectivity index (χ1n) is 9.96. The van der Waals surface area contributed by atoms with E-state index in [9.17, 15) is 9.59 Å². The van der Waals surface area contributed by atoms with Crippen LogP contribution in [0, 0.1) is 6.92 Å². The van der Waals surface area contributed by atoms with Crippen LogP contribution in [0.15, 0.2) is 52.1 Å². The number of hydrogen-bond donors (Lipinski definition) is 2. The third kappa shape index (κ3) is 6.11. The highest BCUT2D eigenvalue weighted by Crippen LogP contribution is 2.26. The minimum absolute atomic E-state index is 0.169. The number of hydrogen-bond acceptors (Lipinski definition) is 5. The van der Waals surface area contributed by atoms with E-state index in [2.05, 4.69) is 36.8 Å². The van der Waals surface area contributed by atoms with Crippen molar-refractivity contribution in [2.75, 3.05) is 11.1 Å². The summed E-state index contributed by atoms with van der Waals surface area (Å²) in [5.74, 6) is 0.461. The quantitative estimate of drug-likeness (QED) is 0.384. The van der Waals surface area contributed by atoms with Gasteiger partial charge in [0.25, 0.3) is 5.91 Å². The minimum atomic E-state index is -0.342. The lowest BCUT2D eigenvalue weighted by Crippen LogP contribution is -2.28. The summed E-state index contributed by atoms with van der Waals surface area (Å²) in [4.78, 5) is 24.9. The molecule has 0 fully saturated rings. The van der Waals surface area contributed by atoms with Crippen LogP contribution >= 0.6 is 39.3 Å². The molecule has 168 valence electrons. The van der Waals surface area contributed by atoms with Crippen molar-refractivity contribution in [2.24, 2.45) is 0 Å². The summed E-state index contributed by atoms with van der Waals surface area (Å²) < 4.78 is 2.61. The fraction of sp³-hybridized carbons (Fsp3) is 0.273. The Balaban J connectivity index is 1.62. The third-order valence-corrected chi connectivity index (χ3v) is 6.83. The predicted octanol–water partition coefficient (Wildman–Crippen LogP) is 5.24. The van der Waals surface area contributed by atoms with Gasteiger partial charge in [0.2, 0.25) is 5.91 Å². The molecule has 32 heavy (non-hydrogen) atoms. The van der Waals surface area contributed by atoms with E-state index in [0.717, 1.165) is 5.56 Å². The zero-order chi connectivity index (χ0) is 23.3. The fourth-order valence-corrected chi connectivity index (χ4v) is 4.28. The number of thioether (sulfide) groups is 1. The van der Waals surface area contributed by atoms with E-state index in [0.29, 0.717) is 38.3 Å². The van der Waals surface area contributed by atoms with Gasteiger partial charge in [0.1, 0.15) is 0 Å². The number of amides is 2. The maximum atomic E-state index is 12.5. The number of anilines is 1. The third-order valence-electron chi connectivity index (χ3n) is 4.65. The Morgan fingerprint density at radius 2 is 1.91 bits per heavy atom. The van der Waals surface area contributed by atoms with Crippen LogP contribution in [0.25, 0.3) is 0 Å². The highest BCUT2D eigenvalue weighted by molar-refractivity contribution is 9.10. The first kappa shape index (κ1) is 24.3. The van der Waals surface area contributed by atoms with Crippen molar-refractivity contribution in [3.05, 3.63) is 68.9 Å². The summed E-state index contributed by atoms with van der Waals surface area (Å²) in [5.41, 5.74) is 2.33. The van der Waals surface area contributed by atoms with Gasteiger partial charge in [-0.25, -0.2) is 0 Å². The van der Waals surface area contributed by atoms with Crippen molar-refractivity contribution in [3.63, 3.8) is 0 Å². The van der Waals surface area contributed by atoms with Crippen molar-refractivity contribution >= 4 is 56.8 Å². The van der Waals surface area contributed by atoms with Gasteiger partial charge in [0, 0.05) is 22.3 Å². The molecule has 10 heteroatoms. The molecule has 0 radical (unpaired) electrons. The van der Waals surface area contributed by atoms with Gasteiger partial charge in [0.15, 0.2) is 11.0 Å². The minimum Gasteiger partial charge on any atom is -0.342 e. The summed E-state index contributed by atoms with van der Waals surface area (Å²) in [6, 6.07) is 12.2. The van der Waals surface area contributed by atoms with Crippen molar-refractivity contribution in [1.29, 1.82) is 0 Å². The van der Waals surface area contributed by atoms with Crippen LogP contribution in [0.4, 0.5) is 5.69 Å². The zero-order valence-corrected chi connectivity index (χ0v) is 21.0. The molecule has 2 N–H and O–H groups in total. The molecular weight excluding hydrogens is 514 g/mol. The van der Waals surface area contributed by atoms with Crippen LogP contribution in [0.5, 0.6) is 0 Å². The number of rotatable bonds is 8. The molecule has 0 spiro atoms. The van der Waals surface area contributed by atoms with Crippen molar-refractivity contribution in [1.82, 2.24) is 20.1 Å². The summed E-state index contributed by atoms with van der Waals surface area (Å²) in [6.45, 7) is 6.42. The monoisotopic (exact) mass is 535 g/mol. The summed E-state index contributed by atoms with van der Waals surface area (Å²) in [6.07, 6.45) is 0. The van der Waals surface area contributed by atoms with Gasteiger partial charge in [-0.2, -0.15) is 0 Å². The molecule has 0 saturated carbocycles. The van der Waals surface area contributed by atoms with E-state index in [1.165, 1.54) is 11.8 Å². The average molecular weight is 537 g/mol. The molecule has 0 unspecified atom stereocenters. The van der Waals surface area contributed by atoms with Gasteiger partial charge in [-0.1, -0.05) is 41.1 Å². The lowest BCUT2D eigenvalue weighted by atomic mass is 10.1. The summed E-state index contributed by atoms with van der Waals surface area (Å²) >= 11 is 10.6. The second-order valence-corrected chi connectivity index (χ2v) is 9.32. The Labute approximate surface area is 204 Å². The zero-order valence-electron chi connectivity index (χ0n) is 17.9. The molecule has 2 amide bonds. The number of aromatic nitrogens is 3. The molecule has 1 atom stereocenters. The van der Waals surface area contributed by atoms with Crippen molar-refractivity contribution in [2.45, 2.75) is 38.5 Å². The molecule has 1 aromatic heterocycles. The van der Waals surface area contributed by atoms with Gasteiger partial charge in [0.05, 0.1) is 16.8 Å². The average Bonchev–Trinajstić information content (AvgIpc) is 3.18. The van der Waals surface area contributed by atoms with Crippen LogP contribution in [0.3, 0.4) is 0 Å². The Bertz CT molecular complexity index is 1120. The fourth-order valence-electron chi connectivity index (χ4n) is 2.97. The largest absolute Gasteiger partial charge is 0.342 e. The van der Waals surface area contributed by atoms with Gasteiger partial charge in [-0.3, -0.25) is 9.59 Å². The molecule has 3 aromatic rings. The van der Waals surface area contributed by atoms with Gasteiger partial charge >= 0.3 is 0 Å². The smallest absolute Gasteiger partial charge is 0.251 e. The lowest BCUT2D eigenvalue weighted by molar-refractivity contribution is -0.113. The SMILES string of the molecule is CCn1c(SCC(=O)Nc2ccc(Cl)c(Br)c2)nnc1[C@H](C)NC(=O)c1ccc(C)cc1. The van der Waals surface area contributed by atoms with Crippen LogP contribution in [0.2, 0.25) is 5.02 Å². The number of nitrogens with zero attached hydrogens (tertiary/aromatic N) is 3.